The van der Waals surface area contributed by atoms with E-state index in [-0.39, 0.29) is 5.92 Å². The normalized spacial score (nSPS) is 19.9. The summed E-state index contributed by atoms with van der Waals surface area (Å²) in [7, 11) is 0. The van der Waals surface area contributed by atoms with Gasteiger partial charge < -0.3 is 0 Å². The van der Waals surface area contributed by atoms with E-state index in [2.05, 4.69) is 31.2 Å². The van der Waals surface area contributed by atoms with Gasteiger partial charge in [0.05, 0.1) is 12.0 Å². The van der Waals surface area contributed by atoms with E-state index in [0.717, 1.165) is 25.7 Å². The van der Waals surface area contributed by atoms with Crippen molar-refractivity contribution in [1.29, 1.82) is 5.26 Å². The molecule has 0 saturated carbocycles. The maximum Gasteiger partial charge on any atom is 0.0715 e. The Labute approximate surface area is 85.4 Å². The summed E-state index contributed by atoms with van der Waals surface area (Å²) in [5, 5.41) is 9.05. The predicted octanol–water partition coefficient (Wildman–Crippen LogP) is 3.19. The molecule has 0 aliphatic heterocycles. The Bertz CT molecular complexity index is 373. The molecule has 0 fully saturated rings. The van der Waals surface area contributed by atoms with Gasteiger partial charge in [0, 0.05) is 0 Å². The average molecular weight is 185 g/mol. The summed E-state index contributed by atoms with van der Waals surface area (Å²) < 4.78 is 0. The number of fused-ring (bicyclic) bond motifs is 1. The van der Waals surface area contributed by atoms with Gasteiger partial charge in [0.15, 0.2) is 0 Å². The van der Waals surface area contributed by atoms with E-state index in [1.165, 1.54) is 16.7 Å². The molecule has 0 heterocycles. The summed E-state index contributed by atoms with van der Waals surface area (Å²) in [6.07, 6.45) is 4.41. The second-order valence-corrected chi connectivity index (χ2v) is 3.96. The van der Waals surface area contributed by atoms with Crippen LogP contribution in [-0.2, 0) is 12.8 Å². The number of nitriles is 1. The zero-order valence-corrected chi connectivity index (χ0v) is 8.59. The lowest BCUT2D eigenvalue weighted by Crippen LogP contribution is -2.08. The van der Waals surface area contributed by atoms with E-state index in [9.17, 15) is 0 Å². The molecule has 0 radical (unpaired) electrons. The molecular weight excluding hydrogens is 170 g/mol. The highest BCUT2D eigenvalue weighted by Gasteiger charge is 2.19. The first-order chi connectivity index (χ1) is 6.85. The topological polar surface area (TPSA) is 23.8 Å². The molecule has 1 aliphatic rings. The zero-order chi connectivity index (χ0) is 9.97. The molecule has 0 saturated heterocycles. The van der Waals surface area contributed by atoms with Crippen molar-refractivity contribution < 1.29 is 0 Å². The van der Waals surface area contributed by atoms with Crippen LogP contribution in [0.5, 0.6) is 0 Å². The van der Waals surface area contributed by atoms with Gasteiger partial charge in [-0.05, 0) is 42.4 Å². The maximum atomic E-state index is 9.05. The molecule has 2 rings (SSSR count). The molecule has 0 amide bonds. The van der Waals surface area contributed by atoms with Crippen molar-refractivity contribution in [2.75, 3.05) is 0 Å². The van der Waals surface area contributed by atoms with E-state index in [1.54, 1.807) is 0 Å². The number of aryl methyl sites for hydroxylation is 2. The van der Waals surface area contributed by atoms with Crippen LogP contribution in [0.1, 0.15) is 42.4 Å². The van der Waals surface area contributed by atoms with Crippen molar-refractivity contribution in [2.45, 2.75) is 38.5 Å². The molecule has 0 spiro atoms. The van der Waals surface area contributed by atoms with Crippen LogP contribution in [0.3, 0.4) is 0 Å². The molecule has 0 N–H and O–H groups in total. The minimum Gasteiger partial charge on any atom is -0.198 e. The third-order valence-electron chi connectivity index (χ3n) is 3.09. The van der Waals surface area contributed by atoms with E-state index >= 15 is 0 Å². The fourth-order valence-electron chi connectivity index (χ4n) is 2.20. The highest BCUT2D eigenvalue weighted by Crippen LogP contribution is 2.31. The van der Waals surface area contributed by atoms with Gasteiger partial charge in [-0.15, -0.1) is 0 Å². The Balaban J connectivity index is 2.44. The van der Waals surface area contributed by atoms with Gasteiger partial charge in [0.1, 0.15) is 0 Å². The second-order valence-electron chi connectivity index (χ2n) is 3.96. The lowest BCUT2D eigenvalue weighted by Gasteiger charge is -2.20. The van der Waals surface area contributed by atoms with E-state index < -0.39 is 0 Å². The van der Waals surface area contributed by atoms with Gasteiger partial charge in [0.2, 0.25) is 0 Å². The Morgan fingerprint density at radius 3 is 3.07 bits per heavy atom. The molecule has 72 valence electrons. The van der Waals surface area contributed by atoms with Crippen LogP contribution in [0.4, 0.5) is 0 Å². The van der Waals surface area contributed by atoms with Crippen LogP contribution in [0.15, 0.2) is 18.2 Å². The first kappa shape index (κ1) is 9.27. The van der Waals surface area contributed by atoms with Crippen LogP contribution in [0, 0.1) is 11.3 Å². The van der Waals surface area contributed by atoms with Crippen molar-refractivity contribution in [3.05, 3.63) is 34.9 Å². The lowest BCUT2D eigenvalue weighted by molar-refractivity contribution is 0.635. The Hall–Kier alpha value is -1.29. The molecule has 1 heteroatoms. The molecule has 1 aromatic rings. The van der Waals surface area contributed by atoms with Gasteiger partial charge in [-0.25, -0.2) is 0 Å². The zero-order valence-electron chi connectivity index (χ0n) is 8.59. The summed E-state index contributed by atoms with van der Waals surface area (Å²) in [6, 6.07) is 9.04. The van der Waals surface area contributed by atoms with E-state index in [0.29, 0.717) is 0 Å². The van der Waals surface area contributed by atoms with Crippen LogP contribution < -0.4 is 0 Å². The van der Waals surface area contributed by atoms with Crippen LogP contribution in [0.25, 0.3) is 0 Å². The third-order valence-corrected chi connectivity index (χ3v) is 3.09. The number of rotatable bonds is 1. The monoisotopic (exact) mass is 185 g/mol. The highest BCUT2D eigenvalue weighted by atomic mass is 14.3. The highest BCUT2D eigenvalue weighted by molar-refractivity contribution is 5.39. The first-order valence-corrected chi connectivity index (χ1v) is 5.36. The molecule has 0 bridgehead atoms. The summed E-state index contributed by atoms with van der Waals surface area (Å²) in [5.41, 5.74) is 4.03. The molecule has 1 aliphatic carbocycles. The van der Waals surface area contributed by atoms with Gasteiger partial charge in [-0.3, -0.25) is 0 Å². The maximum absolute atomic E-state index is 9.05. The molecule has 14 heavy (non-hydrogen) atoms. The molecular formula is C13H15N. The second kappa shape index (κ2) is 3.84. The van der Waals surface area contributed by atoms with Gasteiger partial charge in [-0.1, -0.05) is 25.1 Å². The van der Waals surface area contributed by atoms with Crippen molar-refractivity contribution in [1.82, 2.24) is 0 Å². The Morgan fingerprint density at radius 1 is 1.50 bits per heavy atom. The average Bonchev–Trinajstić information content (AvgIpc) is 2.27. The predicted molar refractivity (Wildman–Crippen MR) is 57.1 cm³/mol. The summed E-state index contributed by atoms with van der Waals surface area (Å²) in [4.78, 5) is 0. The number of hydrogen-bond donors (Lipinski definition) is 0. The fourth-order valence-corrected chi connectivity index (χ4v) is 2.20. The van der Waals surface area contributed by atoms with Crippen molar-refractivity contribution >= 4 is 0 Å². The lowest BCUT2D eigenvalue weighted by atomic mass is 9.82. The standard InChI is InChI=1S/C13H15N/c1-2-10-6-7-11-4-3-5-12(9-14)13(11)8-10/h6-8,12H,2-5H2,1H3. The SMILES string of the molecule is CCc1ccc2c(c1)C(C#N)CCC2. The van der Waals surface area contributed by atoms with Crippen molar-refractivity contribution in [3.8, 4) is 6.07 Å². The largest absolute Gasteiger partial charge is 0.198 e. The fraction of sp³-hybridized carbons (Fsp3) is 0.462. The van der Waals surface area contributed by atoms with Crippen LogP contribution in [-0.4, -0.2) is 0 Å². The van der Waals surface area contributed by atoms with E-state index in [4.69, 9.17) is 5.26 Å². The summed E-state index contributed by atoms with van der Waals surface area (Å²) >= 11 is 0. The summed E-state index contributed by atoms with van der Waals surface area (Å²) in [5.74, 6) is 0.144. The minimum atomic E-state index is 0.144. The van der Waals surface area contributed by atoms with Gasteiger partial charge in [-0.2, -0.15) is 5.26 Å². The van der Waals surface area contributed by atoms with Crippen molar-refractivity contribution in [2.24, 2.45) is 0 Å². The Kier molecular flexibility index (Phi) is 2.54. The minimum absolute atomic E-state index is 0.144. The molecule has 1 nitrogen and oxygen atoms in total. The molecule has 1 aromatic carbocycles. The number of nitrogens with zero attached hydrogens (tertiary/aromatic N) is 1. The van der Waals surface area contributed by atoms with Gasteiger partial charge >= 0.3 is 0 Å². The number of hydrogen-bond acceptors (Lipinski definition) is 1. The van der Waals surface area contributed by atoms with Crippen molar-refractivity contribution in [3.63, 3.8) is 0 Å². The molecule has 0 aromatic heterocycles. The Morgan fingerprint density at radius 2 is 2.36 bits per heavy atom. The van der Waals surface area contributed by atoms with E-state index in [1.807, 2.05) is 0 Å². The molecule has 1 unspecified atom stereocenters. The van der Waals surface area contributed by atoms with Gasteiger partial charge in [0.25, 0.3) is 0 Å². The van der Waals surface area contributed by atoms with Crippen LogP contribution in [0.2, 0.25) is 0 Å². The third kappa shape index (κ3) is 1.53. The smallest absolute Gasteiger partial charge is 0.0715 e. The summed E-state index contributed by atoms with van der Waals surface area (Å²) in [6.45, 7) is 2.16. The van der Waals surface area contributed by atoms with Crippen LogP contribution >= 0.6 is 0 Å². The first-order valence-electron chi connectivity index (χ1n) is 5.36. The molecule has 1 atom stereocenters. The quantitative estimate of drug-likeness (QED) is 0.659. The number of benzene rings is 1.